The summed E-state index contributed by atoms with van der Waals surface area (Å²) in [5.41, 5.74) is 1.81. The minimum atomic E-state index is -0.671. The van der Waals surface area contributed by atoms with Gasteiger partial charge in [0.2, 0.25) is 0 Å². The zero-order valence-corrected chi connectivity index (χ0v) is 18.7. The first-order valence-electron chi connectivity index (χ1n) is 9.99. The Morgan fingerprint density at radius 1 is 1.18 bits per heavy atom. The van der Waals surface area contributed by atoms with Crippen LogP contribution in [0.2, 0.25) is 0 Å². The fraction of sp³-hybridized carbons (Fsp3) is 0.667. The van der Waals surface area contributed by atoms with Crippen LogP contribution in [-0.4, -0.2) is 49.2 Å². The average molecular weight is 432 g/mol. The van der Waals surface area contributed by atoms with E-state index in [9.17, 15) is 4.79 Å². The van der Waals surface area contributed by atoms with Gasteiger partial charge in [0.05, 0.1) is 0 Å². The maximum Gasteiger partial charge on any atom is 0.252 e. The number of hydrogen-bond acceptors (Lipinski definition) is 4. The third-order valence-electron chi connectivity index (χ3n) is 6.02. The summed E-state index contributed by atoms with van der Waals surface area (Å²) in [6.45, 7) is 6.75. The van der Waals surface area contributed by atoms with Gasteiger partial charge in [-0.2, -0.15) is 0 Å². The highest BCUT2D eigenvalue weighted by molar-refractivity contribution is 5.86. The summed E-state index contributed by atoms with van der Waals surface area (Å²) in [4.78, 5) is 15.2. The maximum absolute atomic E-state index is 12.6. The van der Waals surface area contributed by atoms with Crippen LogP contribution < -0.4 is 10.6 Å². The molecule has 2 saturated heterocycles. The van der Waals surface area contributed by atoms with Crippen LogP contribution in [0.1, 0.15) is 50.2 Å². The molecule has 2 fully saturated rings. The lowest BCUT2D eigenvalue weighted by molar-refractivity contribution is -0.146. The molecule has 2 heterocycles. The molecule has 0 saturated carbocycles. The molecule has 28 heavy (non-hydrogen) atoms. The van der Waals surface area contributed by atoms with Crippen LogP contribution >= 0.6 is 24.8 Å². The number of carbonyl (C=O) groups is 1. The van der Waals surface area contributed by atoms with Crippen LogP contribution in [-0.2, 0) is 22.6 Å². The van der Waals surface area contributed by atoms with E-state index in [0.717, 1.165) is 38.0 Å². The third kappa shape index (κ3) is 6.33. The Hall–Kier alpha value is -0.850. The first-order valence-corrected chi connectivity index (χ1v) is 9.99. The predicted molar refractivity (Wildman–Crippen MR) is 118 cm³/mol. The monoisotopic (exact) mass is 431 g/mol. The Morgan fingerprint density at radius 3 is 2.43 bits per heavy atom. The van der Waals surface area contributed by atoms with E-state index in [2.05, 4.69) is 46.7 Å². The van der Waals surface area contributed by atoms with E-state index < -0.39 is 5.60 Å². The Kier molecular flexibility index (Phi) is 10.8. The zero-order valence-electron chi connectivity index (χ0n) is 17.0. The highest BCUT2D eigenvalue weighted by Gasteiger charge is 2.39. The fourth-order valence-corrected chi connectivity index (χ4v) is 4.09. The summed E-state index contributed by atoms with van der Waals surface area (Å²) in [6.07, 6.45) is 5.42. The van der Waals surface area contributed by atoms with Gasteiger partial charge in [0.25, 0.3) is 5.91 Å². The van der Waals surface area contributed by atoms with E-state index in [0.29, 0.717) is 12.6 Å². The van der Waals surface area contributed by atoms with Crippen molar-refractivity contribution in [3.8, 4) is 0 Å². The summed E-state index contributed by atoms with van der Waals surface area (Å²) in [6, 6.07) is 9.33. The van der Waals surface area contributed by atoms with Crippen LogP contribution in [0, 0.1) is 0 Å². The minimum Gasteiger partial charge on any atom is -0.368 e. The van der Waals surface area contributed by atoms with Crippen molar-refractivity contribution in [3.63, 3.8) is 0 Å². The average Bonchev–Trinajstić information content (AvgIpc) is 2.69. The number of nitrogens with one attached hydrogen (secondary N) is 2. The highest BCUT2D eigenvalue weighted by Crippen LogP contribution is 2.23. The van der Waals surface area contributed by atoms with Crippen molar-refractivity contribution < 1.29 is 9.53 Å². The van der Waals surface area contributed by atoms with Crippen LogP contribution in [0.15, 0.2) is 24.3 Å². The lowest BCUT2D eigenvalue weighted by Crippen LogP contribution is -2.53. The molecule has 160 valence electrons. The molecule has 3 rings (SSSR count). The lowest BCUT2D eigenvalue weighted by atomic mass is 9.91. The number of amides is 1. The van der Waals surface area contributed by atoms with Gasteiger partial charge < -0.3 is 15.4 Å². The number of benzene rings is 1. The molecule has 1 atom stereocenters. The second-order valence-electron chi connectivity index (χ2n) is 7.76. The van der Waals surface area contributed by atoms with Crippen molar-refractivity contribution in [1.82, 2.24) is 15.5 Å². The molecule has 0 aliphatic carbocycles. The van der Waals surface area contributed by atoms with Gasteiger partial charge in [-0.25, -0.2) is 0 Å². The molecule has 0 bridgehead atoms. The third-order valence-corrected chi connectivity index (χ3v) is 6.02. The smallest absolute Gasteiger partial charge is 0.252 e. The van der Waals surface area contributed by atoms with Gasteiger partial charge in [-0.15, -0.1) is 24.8 Å². The van der Waals surface area contributed by atoms with Gasteiger partial charge in [0, 0.05) is 26.2 Å². The summed E-state index contributed by atoms with van der Waals surface area (Å²) < 4.78 is 5.59. The number of nitrogens with zero attached hydrogens (tertiary/aromatic N) is 1. The van der Waals surface area contributed by atoms with E-state index in [1.807, 2.05) is 0 Å². The molecule has 0 spiro atoms. The molecular formula is C21H35Cl2N3O2. The quantitative estimate of drug-likeness (QED) is 0.725. The minimum absolute atomic E-state index is 0. The molecule has 1 unspecified atom stereocenters. The molecular weight excluding hydrogens is 397 g/mol. The first kappa shape index (κ1) is 25.2. The van der Waals surface area contributed by atoms with Gasteiger partial charge in [-0.05, 0) is 63.4 Å². The second kappa shape index (κ2) is 12.0. The molecule has 2 aliphatic rings. The molecule has 1 amide bonds. The SMILES string of the molecule is COC1(C(=O)NCc2ccc(CN3CCCCC3C)cc2)CCNCC1.Cl.Cl. The predicted octanol–water partition coefficient (Wildman–Crippen LogP) is 3.29. The normalized spacial score (nSPS) is 21.9. The van der Waals surface area contributed by atoms with Crippen molar-refractivity contribution in [2.24, 2.45) is 0 Å². The summed E-state index contributed by atoms with van der Waals surface area (Å²) in [7, 11) is 1.64. The molecule has 2 N–H and O–H groups in total. The first-order chi connectivity index (χ1) is 12.6. The second-order valence-corrected chi connectivity index (χ2v) is 7.76. The number of ether oxygens (including phenoxy) is 1. The van der Waals surface area contributed by atoms with Crippen molar-refractivity contribution in [2.45, 2.75) is 63.8 Å². The Morgan fingerprint density at radius 2 is 1.82 bits per heavy atom. The number of carbonyl (C=O) groups excluding carboxylic acids is 1. The van der Waals surface area contributed by atoms with Crippen LogP contribution in [0.4, 0.5) is 0 Å². The maximum atomic E-state index is 12.6. The van der Waals surface area contributed by atoms with E-state index in [-0.39, 0.29) is 30.7 Å². The van der Waals surface area contributed by atoms with Crippen LogP contribution in [0.5, 0.6) is 0 Å². The highest BCUT2D eigenvalue weighted by atomic mass is 35.5. The lowest BCUT2D eigenvalue weighted by Gasteiger charge is -2.34. The van der Waals surface area contributed by atoms with Gasteiger partial charge in [-0.3, -0.25) is 9.69 Å². The molecule has 2 aliphatic heterocycles. The van der Waals surface area contributed by atoms with Crippen LogP contribution in [0.25, 0.3) is 0 Å². The number of methoxy groups -OCH3 is 1. The van der Waals surface area contributed by atoms with Crippen molar-refractivity contribution in [3.05, 3.63) is 35.4 Å². The topological polar surface area (TPSA) is 53.6 Å². The zero-order chi connectivity index (χ0) is 18.4. The van der Waals surface area contributed by atoms with Crippen molar-refractivity contribution >= 4 is 30.7 Å². The molecule has 0 radical (unpaired) electrons. The van der Waals surface area contributed by atoms with Gasteiger partial charge >= 0.3 is 0 Å². The Balaban J connectivity index is 0.00000196. The Bertz CT molecular complexity index is 592. The van der Waals surface area contributed by atoms with E-state index in [4.69, 9.17) is 4.74 Å². The van der Waals surface area contributed by atoms with E-state index in [1.54, 1.807) is 7.11 Å². The number of halogens is 2. The summed E-state index contributed by atoms with van der Waals surface area (Å²) in [5, 5.41) is 6.35. The van der Waals surface area contributed by atoms with Gasteiger partial charge in [-0.1, -0.05) is 30.7 Å². The van der Waals surface area contributed by atoms with Crippen molar-refractivity contribution in [2.75, 3.05) is 26.7 Å². The largest absolute Gasteiger partial charge is 0.368 e. The van der Waals surface area contributed by atoms with Gasteiger partial charge in [0.15, 0.2) is 0 Å². The number of hydrogen-bond donors (Lipinski definition) is 2. The van der Waals surface area contributed by atoms with Gasteiger partial charge in [0.1, 0.15) is 5.60 Å². The molecule has 1 aromatic rings. The van der Waals surface area contributed by atoms with Crippen LogP contribution in [0.3, 0.4) is 0 Å². The fourth-order valence-electron chi connectivity index (χ4n) is 4.09. The molecule has 5 nitrogen and oxygen atoms in total. The standard InChI is InChI=1S/C21H33N3O2.2ClH/c1-17-5-3-4-14-24(17)16-19-8-6-18(7-9-19)15-23-20(25)21(26-2)10-12-22-13-11-21;;/h6-9,17,22H,3-5,10-16H2,1-2H3,(H,23,25);2*1H. The summed E-state index contributed by atoms with van der Waals surface area (Å²) in [5.74, 6) is 0.00715. The number of piperidine rings is 2. The van der Waals surface area contributed by atoms with E-state index >= 15 is 0 Å². The number of rotatable bonds is 6. The van der Waals surface area contributed by atoms with E-state index in [1.165, 1.54) is 31.4 Å². The van der Waals surface area contributed by atoms with Crippen molar-refractivity contribution in [1.29, 1.82) is 0 Å². The molecule has 7 heteroatoms. The summed E-state index contributed by atoms with van der Waals surface area (Å²) >= 11 is 0. The molecule has 0 aromatic heterocycles. The Labute approximate surface area is 181 Å². The number of likely N-dealkylation sites (tertiary alicyclic amines) is 1. The molecule has 1 aromatic carbocycles.